The second kappa shape index (κ2) is 12.1. The monoisotopic (exact) mass is 522 g/mol. The Labute approximate surface area is 220 Å². The highest BCUT2D eigenvalue weighted by atomic mass is 35.5. The summed E-state index contributed by atoms with van der Waals surface area (Å²) in [5, 5.41) is 6.05. The normalized spacial score (nSPS) is 24.5. The number of benzene rings is 1. The van der Waals surface area contributed by atoms with E-state index in [2.05, 4.69) is 46.5 Å². The van der Waals surface area contributed by atoms with Gasteiger partial charge in [0.25, 0.3) is 0 Å². The van der Waals surface area contributed by atoms with Crippen LogP contribution >= 0.6 is 34.5 Å². The van der Waals surface area contributed by atoms with E-state index in [0.717, 1.165) is 37.0 Å². The van der Waals surface area contributed by atoms with Gasteiger partial charge in [0, 0.05) is 49.3 Å². The third-order valence-electron chi connectivity index (χ3n) is 8.09. The van der Waals surface area contributed by atoms with Crippen molar-refractivity contribution < 1.29 is 4.74 Å². The predicted molar refractivity (Wildman–Crippen MR) is 146 cm³/mol. The fourth-order valence-corrected chi connectivity index (χ4v) is 7.35. The summed E-state index contributed by atoms with van der Waals surface area (Å²) in [6.07, 6.45) is 6.13. The summed E-state index contributed by atoms with van der Waals surface area (Å²) in [5.74, 6) is 2.03. The minimum atomic E-state index is 0.0422. The van der Waals surface area contributed by atoms with E-state index in [4.69, 9.17) is 27.9 Å². The molecule has 0 amide bonds. The number of methoxy groups -OCH3 is 1. The second-order valence-corrected chi connectivity index (χ2v) is 12.3. The van der Waals surface area contributed by atoms with Crippen LogP contribution in [0.3, 0.4) is 0 Å². The molecule has 0 spiro atoms. The summed E-state index contributed by atoms with van der Waals surface area (Å²) in [4.78, 5) is 5.31. The Kier molecular flexibility index (Phi) is 9.39. The largest absolute Gasteiger partial charge is 0.379 e. The Hall–Kier alpha value is -0.620. The molecule has 2 aliphatic heterocycles. The van der Waals surface area contributed by atoms with E-state index in [9.17, 15) is 0 Å². The Morgan fingerprint density at radius 1 is 1.12 bits per heavy atom. The number of piperidine rings is 1. The molecule has 0 N–H and O–H groups in total. The zero-order valence-corrected chi connectivity index (χ0v) is 23.3. The highest BCUT2D eigenvalue weighted by Crippen LogP contribution is 2.37. The van der Waals surface area contributed by atoms with Crippen molar-refractivity contribution in [3.8, 4) is 0 Å². The van der Waals surface area contributed by atoms with E-state index in [1.54, 1.807) is 0 Å². The Morgan fingerprint density at radius 3 is 2.56 bits per heavy atom. The van der Waals surface area contributed by atoms with Gasteiger partial charge in [0.2, 0.25) is 0 Å². The van der Waals surface area contributed by atoms with Crippen LogP contribution in [-0.2, 0) is 11.3 Å². The number of likely N-dealkylation sites (tertiary alicyclic amines) is 2. The maximum atomic E-state index is 6.50. The number of nitrogens with zero attached hydrogens (tertiary/aromatic N) is 2. The van der Waals surface area contributed by atoms with E-state index in [0.29, 0.717) is 16.9 Å². The third-order valence-corrected chi connectivity index (χ3v) is 9.38. The first-order chi connectivity index (χ1) is 16.4. The smallest absolute Gasteiger partial charge is 0.0653 e. The lowest BCUT2D eigenvalue weighted by molar-refractivity contribution is -0.0286. The number of hydrogen-bond acceptors (Lipinski definition) is 4. The summed E-state index contributed by atoms with van der Waals surface area (Å²) >= 11 is 14.4. The van der Waals surface area contributed by atoms with Crippen molar-refractivity contribution in [1.82, 2.24) is 9.80 Å². The first-order valence-corrected chi connectivity index (χ1v) is 14.5. The molecular weight excluding hydrogens is 483 g/mol. The van der Waals surface area contributed by atoms with Crippen molar-refractivity contribution in [3.63, 3.8) is 0 Å². The highest BCUT2D eigenvalue weighted by molar-refractivity contribution is 7.08. The standard InChI is InChI=1S/C28H40Cl2N2OS/c1-4-10-28(2,33-3)15-21-7-11-31(12-8-21)17-24-18-32(19-26(24)23-9-13-34-20-23)16-22-5-6-25(29)14-27(22)30/h5-6,9,13-14,20-21,24,26H,4,7-8,10-12,15-19H2,1-3H3/t24?,26?,28-/m0/s1. The lowest BCUT2D eigenvalue weighted by Gasteiger charge is -2.38. The average molecular weight is 524 g/mol. The third kappa shape index (κ3) is 6.78. The van der Waals surface area contributed by atoms with Crippen LogP contribution in [0.5, 0.6) is 0 Å². The molecule has 0 bridgehead atoms. The first kappa shape index (κ1) is 26.4. The van der Waals surface area contributed by atoms with Crippen molar-refractivity contribution >= 4 is 34.5 Å². The lowest BCUT2D eigenvalue weighted by Crippen LogP contribution is -2.41. The molecule has 3 heterocycles. The van der Waals surface area contributed by atoms with Gasteiger partial charge in [-0.25, -0.2) is 0 Å². The number of hydrogen-bond donors (Lipinski definition) is 0. The first-order valence-electron chi connectivity index (χ1n) is 12.8. The average Bonchev–Trinajstić information content (AvgIpc) is 3.47. The zero-order chi connectivity index (χ0) is 24.1. The second-order valence-electron chi connectivity index (χ2n) is 10.7. The maximum absolute atomic E-state index is 6.50. The van der Waals surface area contributed by atoms with Crippen LogP contribution in [0.1, 0.15) is 63.0 Å². The number of ether oxygens (including phenoxy) is 1. The van der Waals surface area contributed by atoms with Crippen LogP contribution in [0.4, 0.5) is 0 Å². The molecule has 6 heteroatoms. The van der Waals surface area contributed by atoms with Crippen LogP contribution in [0.15, 0.2) is 35.0 Å². The fraction of sp³-hybridized carbons (Fsp3) is 0.643. The predicted octanol–water partition coefficient (Wildman–Crippen LogP) is 7.58. The van der Waals surface area contributed by atoms with Gasteiger partial charge in [-0.05, 0) is 97.6 Å². The van der Waals surface area contributed by atoms with Crippen LogP contribution in [0.2, 0.25) is 10.0 Å². The molecule has 0 saturated carbocycles. The van der Waals surface area contributed by atoms with Gasteiger partial charge in [0.15, 0.2) is 0 Å². The molecule has 2 fully saturated rings. The molecule has 34 heavy (non-hydrogen) atoms. The summed E-state index contributed by atoms with van der Waals surface area (Å²) in [5.41, 5.74) is 2.72. The minimum absolute atomic E-state index is 0.0422. The maximum Gasteiger partial charge on any atom is 0.0653 e. The fourth-order valence-electron chi connectivity index (χ4n) is 6.16. The Bertz CT molecular complexity index is 900. The SMILES string of the molecule is CCC[C@@](C)(CC1CCN(CC2CN(Cc3ccc(Cl)cc3Cl)CC2c2ccsc2)CC1)OC. The van der Waals surface area contributed by atoms with Gasteiger partial charge in [-0.2, -0.15) is 11.3 Å². The highest BCUT2D eigenvalue weighted by Gasteiger charge is 2.36. The summed E-state index contributed by atoms with van der Waals surface area (Å²) in [7, 11) is 1.89. The summed E-state index contributed by atoms with van der Waals surface area (Å²) in [6, 6.07) is 8.22. The van der Waals surface area contributed by atoms with E-state index < -0.39 is 0 Å². The molecule has 3 nitrogen and oxygen atoms in total. The molecular formula is C28H40Cl2N2OS. The van der Waals surface area contributed by atoms with Crippen LogP contribution < -0.4 is 0 Å². The van der Waals surface area contributed by atoms with Crippen LogP contribution in [-0.4, -0.2) is 55.2 Å². The molecule has 2 saturated heterocycles. The van der Waals surface area contributed by atoms with Crippen molar-refractivity contribution in [3.05, 3.63) is 56.2 Å². The zero-order valence-electron chi connectivity index (χ0n) is 20.9. The summed E-state index contributed by atoms with van der Waals surface area (Å²) in [6.45, 7) is 11.3. The molecule has 2 aliphatic rings. The van der Waals surface area contributed by atoms with Crippen molar-refractivity contribution in [2.45, 2.75) is 64.0 Å². The molecule has 0 aliphatic carbocycles. The van der Waals surface area contributed by atoms with Crippen molar-refractivity contribution in [1.29, 1.82) is 0 Å². The Morgan fingerprint density at radius 2 is 1.91 bits per heavy atom. The Balaban J connectivity index is 1.35. The van der Waals surface area contributed by atoms with E-state index in [1.807, 2.05) is 30.6 Å². The van der Waals surface area contributed by atoms with Crippen molar-refractivity contribution in [2.24, 2.45) is 11.8 Å². The van der Waals surface area contributed by atoms with Crippen LogP contribution in [0.25, 0.3) is 0 Å². The molecule has 2 unspecified atom stereocenters. The van der Waals surface area contributed by atoms with Gasteiger partial charge in [0.1, 0.15) is 0 Å². The topological polar surface area (TPSA) is 15.7 Å². The quantitative estimate of drug-likeness (QED) is 0.319. The lowest BCUT2D eigenvalue weighted by atomic mass is 9.82. The van der Waals surface area contributed by atoms with E-state index in [1.165, 1.54) is 56.4 Å². The van der Waals surface area contributed by atoms with Gasteiger partial charge in [-0.3, -0.25) is 4.90 Å². The summed E-state index contributed by atoms with van der Waals surface area (Å²) < 4.78 is 5.91. The molecule has 3 atom stereocenters. The van der Waals surface area contributed by atoms with Crippen molar-refractivity contribution in [2.75, 3.05) is 39.8 Å². The molecule has 1 aromatic heterocycles. The van der Waals surface area contributed by atoms with Gasteiger partial charge in [-0.15, -0.1) is 0 Å². The van der Waals surface area contributed by atoms with Gasteiger partial charge in [0.05, 0.1) is 5.60 Å². The van der Waals surface area contributed by atoms with E-state index in [-0.39, 0.29) is 5.60 Å². The van der Waals surface area contributed by atoms with Gasteiger partial charge >= 0.3 is 0 Å². The molecule has 1 aromatic carbocycles. The number of thiophene rings is 1. The molecule has 4 rings (SSSR count). The molecule has 2 aromatic rings. The van der Waals surface area contributed by atoms with Crippen LogP contribution in [0, 0.1) is 11.8 Å². The van der Waals surface area contributed by atoms with E-state index >= 15 is 0 Å². The molecule has 188 valence electrons. The van der Waals surface area contributed by atoms with Gasteiger partial charge in [-0.1, -0.05) is 42.6 Å². The minimum Gasteiger partial charge on any atom is -0.379 e. The number of rotatable bonds is 10. The molecule has 0 radical (unpaired) electrons. The van der Waals surface area contributed by atoms with Gasteiger partial charge < -0.3 is 9.64 Å². The number of halogens is 2.